The molecule has 0 aliphatic heterocycles. The highest BCUT2D eigenvalue weighted by Crippen LogP contribution is 2.52. The number of rotatable bonds is 1. The molecule has 2 aromatic rings. The smallest absolute Gasteiger partial charge is 0.177 e. The van der Waals surface area contributed by atoms with Crippen molar-refractivity contribution in [3.05, 3.63) is 23.7 Å². The number of nitrogens with zero attached hydrogens (tertiary/aromatic N) is 2. The van der Waals surface area contributed by atoms with Gasteiger partial charge in [0.1, 0.15) is 5.82 Å². The Bertz CT molecular complexity index is 572. The molecule has 2 heterocycles. The maximum atomic E-state index is 4.69. The molecule has 3 atom stereocenters. The fourth-order valence-corrected chi connectivity index (χ4v) is 3.78. The third kappa shape index (κ3) is 1.41. The number of aryl methyl sites for hydroxylation is 1. The molecule has 2 aliphatic carbocycles. The van der Waals surface area contributed by atoms with Gasteiger partial charge in [0.15, 0.2) is 5.65 Å². The molecule has 2 aliphatic rings. The number of aromatic amines is 1. The van der Waals surface area contributed by atoms with E-state index in [1.807, 2.05) is 6.20 Å². The monoisotopic (exact) mass is 227 g/mol. The fraction of sp³-hybridized carbons (Fsp3) is 0.571. The van der Waals surface area contributed by atoms with Crippen molar-refractivity contribution in [3.63, 3.8) is 0 Å². The van der Waals surface area contributed by atoms with E-state index >= 15 is 0 Å². The maximum absolute atomic E-state index is 4.69. The van der Waals surface area contributed by atoms with Crippen molar-refractivity contribution in [1.82, 2.24) is 15.0 Å². The number of hydrogen-bond donors (Lipinski definition) is 1. The molecule has 2 fully saturated rings. The van der Waals surface area contributed by atoms with E-state index in [0.717, 1.165) is 23.0 Å². The van der Waals surface area contributed by atoms with E-state index in [4.69, 9.17) is 0 Å². The van der Waals surface area contributed by atoms with Gasteiger partial charge in [-0.05, 0) is 49.7 Å². The van der Waals surface area contributed by atoms with Crippen LogP contribution in [0.3, 0.4) is 0 Å². The minimum atomic E-state index is 0.670. The summed E-state index contributed by atoms with van der Waals surface area (Å²) in [6, 6.07) is 2.14. The van der Waals surface area contributed by atoms with Gasteiger partial charge >= 0.3 is 0 Å². The summed E-state index contributed by atoms with van der Waals surface area (Å²) in [5.74, 6) is 3.70. The second kappa shape index (κ2) is 3.31. The van der Waals surface area contributed by atoms with Gasteiger partial charge < -0.3 is 4.98 Å². The van der Waals surface area contributed by atoms with Gasteiger partial charge in [0.05, 0.1) is 5.52 Å². The number of pyridine rings is 1. The van der Waals surface area contributed by atoms with Crippen molar-refractivity contribution in [1.29, 1.82) is 0 Å². The standard InChI is InChI=1S/C14H17N3/c1-8-4-12-14(15-7-8)17-13(16-12)11-6-9-2-3-10(11)5-9/h4,7,9-11H,2-3,5-6H2,1H3,(H,15,16,17). The van der Waals surface area contributed by atoms with Crippen LogP contribution in [0.5, 0.6) is 0 Å². The van der Waals surface area contributed by atoms with Crippen LogP contribution in [0.25, 0.3) is 11.2 Å². The molecule has 0 amide bonds. The molecule has 0 saturated heterocycles. The van der Waals surface area contributed by atoms with Gasteiger partial charge in [0, 0.05) is 12.1 Å². The Morgan fingerprint density at radius 2 is 2.24 bits per heavy atom. The Morgan fingerprint density at radius 3 is 3.00 bits per heavy atom. The summed E-state index contributed by atoms with van der Waals surface area (Å²) in [4.78, 5) is 12.6. The van der Waals surface area contributed by atoms with Crippen LogP contribution >= 0.6 is 0 Å². The molecule has 2 saturated carbocycles. The molecule has 4 rings (SSSR count). The van der Waals surface area contributed by atoms with Gasteiger partial charge in [0.2, 0.25) is 0 Å². The van der Waals surface area contributed by atoms with E-state index in [1.165, 1.54) is 37.1 Å². The Labute approximate surface area is 101 Å². The molecular weight excluding hydrogens is 210 g/mol. The topological polar surface area (TPSA) is 41.6 Å². The molecule has 2 aromatic heterocycles. The first-order valence-corrected chi connectivity index (χ1v) is 6.62. The Morgan fingerprint density at radius 1 is 1.29 bits per heavy atom. The van der Waals surface area contributed by atoms with E-state index in [2.05, 4.69) is 27.9 Å². The summed E-state index contributed by atoms with van der Waals surface area (Å²) in [7, 11) is 0. The average molecular weight is 227 g/mol. The highest BCUT2D eigenvalue weighted by molar-refractivity contribution is 5.71. The first kappa shape index (κ1) is 9.63. The van der Waals surface area contributed by atoms with Gasteiger partial charge in [-0.15, -0.1) is 0 Å². The third-order valence-electron chi connectivity index (χ3n) is 4.58. The minimum Gasteiger partial charge on any atom is -0.340 e. The third-order valence-corrected chi connectivity index (χ3v) is 4.58. The second-order valence-corrected chi connectivity index (χ2v) is 5.79. The molecule has 0 radical (unpaired) electrons. The van der Waals surface area contributed by atoms with Crippen molar-refractivity contribution in [3.8, 4) is 0 Å². The first-order chi connectivity index (χ1) is 8.29. The van der Waals surface area contributed by atoms with Gasteiger partial charge in [-0.1, -0.05) is 6.42 Å². The van der Waals surface area contributed by atoms with Crippen LogP contribution < -0.4 is 0 Å². The number of fused-ring (bicyclic) bond motifs is 3. The predicted molar refractivity (Wildman–Crippen MR) is 66.8 cm³/mol. The van der Waals surface area contributed by atoms with Crippen molar-refractivity contribution in [2.75, 3.05) is 0 Å². The van der Waals surface area contributed by atoms with Crippen LogP contribution in [0.2, 0.25) is 0 Å². The molecule has 0 aromatic carbocycles. The molecule has 3 unspecified atom stereocenters. The Hall–Kier alpha value is -1.38. The quantitative estimate of drug-likeness (QED) is 0.813. The van der Waals surface area contributed by atoms with Crippen molar-refractivity contribution in [2.24, 2.45) is 11.8 Å². The number of nitrogens with one attached hydrogen (secondary N) is 1. The molecule has 2 bridgehead atoms. The number of imidazole rings is 1. The summed E-state index contributed by atoms with van der Waals surface area (Å²) in [5.41, 5.74) is 3.18. The fourth-order valence-electron chi connectivity index (χ4n) is 3.78. The lowest BCUT2D eigenvalue weighted by Crippen LogP contribution is -2.09. The van der Waals surface area contributed by atoms with Gasteiger partial charge in [0.25, 0.3) is 0 Å². The van der Waals surface area contributed by atoms with Crippen LogP contribution in [-0.4, -0.2) is 15.0 Å². The molecule has 3 nitrogen and oxygen atoms in total. The van der Waals surface area contributed by atoms with Crippen molar-refractivity contribution < 1.29 is 0 Å². The van der Waals surface area contributed by atoms with Crippen LogP contribution in [0.15, 0.2) is 12.3 Å². The zero-order valence-corrected chi connectivity index (χ0v) is 10.1. The Kier molecular flexibility index (Phi) is 1.88. The molecule has 3 heteroatoms. The molecule has 1 N–H and O–H groups in total. The van der Waals surface area contributed by atoms with Crippen LogP contribution in [-0.2, 0) is 0 Å². The molecular formula is C14H17N3. The lowest BCUT2D eigenvalue weighted by molar-refractivity contribution is 0.408. The SMILES string of the molecule is Cc1cnc2nc(C3CC4CCC3C4)[nH]c2c1. The number of aromatic nitrogens is 3. The van der Waals surface area contributed by atoms with Gasteiger partial charge in [-0.2, -0.15) is 0 Å². The highest BCUT2D eigenvalue weighted by Gasteiger charge is 2.41. The van der Waals surface area contributed by atoms with Crippen LogP contribution in [0.4, 0.5) is 0 Å². The molecule has 0 spiro atoms. The van der Waals surface area contributed by atoms with E-state index < -0.39 is 0 Å². The lowest BCUT2D eigenvalue weighted by Gasteiger charge is -2.18. The molecule has 17 heavy (non-hydrogen) atoms. The van der Waals surface area contributed by atoms with E-state index in [1.54, 1.807) is 0 Å². The first-order valence-electron chi connectivity index (χ1n) is 6.62. The predicted octanol–water partition coefficient (Wildman–Crippen LogP) is 3.17. The minimum absolute atomic E-state index is 0.670. The molecule has 88 valence electrons. The zero-order chi connectivity index (χ0) is 11.4. The van der Waals surface area contributed by atoms with Gasteiger partial charge in [-0.25, -0.2) is 9.97 Å². The lowest BCUT2D eigenvalue weighted by atomic mass is 9.88. The summed E-state index contributed by atoms with van der Waals surface area (Å²) in [6.07, 6.45) is 7.50. The van der Waals surface area contributed by atoms with Crippen molar-refractivity contribution in [2.45, 2.75) is 38.5 Å². The largest absolute Gasteiger partial charge is 0.340 e. The van der Waals surface area contributed by atoms with E-state index in [0.29, 0.717) is 5.92 Å². The van der Waals surface area contributed by atoms with Crippen molar-refractivity contribution >= 4 is 11.2 Å². The summed E-state index contributed by atoms with van der Waals surface area (Å²) < 4.78 is 0. The highest BCUT2D eigenvalue weighted by atomic mass is 15.0. The summed E-state index contributed by atoms with van der Waals surface area (Å²) in [6.45, 7) is 2.07. The normalized spacial score (nSPS) is 31.5. The van der Waals surface area contributed by atoms with E-state index in [9.17, 15) is 0 Å². The second-order valence-electron chi connectivity index (χ2n) is 5.79. The number of hydrogen-bond acceptors (Lipinski definition) is 2. The summed E-state index contributed by atoms with van der Waals surface area (Å²) in [5, 5.41) is 0. The van der Waals surface area contributed by atoms with Gasteiger partial charge in [-0.3, -0.25) is 0 Å². The van der Waals surface area contributed by atoms with Crippen LogP contribution in [0, 0.1) is 18.8 Å². The number of H-pyrrole nitrogens is 1. The summed E-state index contributed by atoms with van der Waals surface area (Å²) >= 11 is 0. The maximum Gasteiger partial charge on any atom is 0.177 e. The van der Waals surface area contributed by atoms with E-state index in [-0.39, 0.29) is 0 Å². The Balaban J connectivity index is 1.76. The van der Waals surface area contributed by atoms with Crippen LogP contribution in [0.1, 0.15) is 43.0 Å². The average Bonchev–Trinajstić information content (AvgIpc) is 3.01. The zero-order valence-electron chi connectivity index (χ0n) is 10.1.